The normalized spacial score (nSPS) is 10.2. The van der Waals surface area contributed by atoms with E-state index in [2.05, 4.69) is 16.0 Å². The largest absolute Gasteiger partial charge is 0.490 e. The Labute approximate surface area is 180 Å². The average Bonchev–Trinajstić information content (AvgIpc) is 2.74. The van der Waals surface area contributed by atoms with Crippen LogP contribution in [0.15, 0.2) is 48.5 Å². The van der Waals surface area contributed by atoms with Crippen molar-refractivity contribution < 1.29 is 23.8 Å². The minimum absolute atomic E-state index is 0.129. The maximum absolute atomic E-state index is 12.6. The lowest BCUT2D eigenvalue weighted by Gasteiger charge is -2.13. The average molecular weight is 432 g/mol. The third kappa shape index (κ3) is 7.43. The van der Waals surface area contributed by atoms with Gasteiger partial charge in [-0.15, -0.1) is 0 Å². The summed E-state index contributed by atoms with van der Waals surface area (Å²) in [5, 5.41) is 8.41. The summed E-state index contributed by atoms with van der Waals surface area (Å²) in [6.07, 6.45) is 0. The second kappa shape index (κ2) is 12.5. The monoisotopic (exact) mass is 431 g/mol. The van der Waals surface area contributed by atoms with Gasteiger partial charge in [-0.1, -0.05) is 12.1 Å². The van der Waals surface area contributed by atoms with Crippen molar-refractivity contribution in [2.75, 3.05) is 45.9 Å². The van der Waals surface area contributed by atoms with Gasteiger partial charge >= 0.3 is 0 Å². The predicted octanol–water partition coefficient (Wildman–Crippen LogP) is 2.21. The summed E-state index contributed by atoms with van der Waals surface area (Å²) in [5.41, 5.74) is 1.51. The van der Waals surface area contributed by atoms with Gasteiger partial charge in [0.05, 0.1) is 18.8 Å². The van der Waals surface area contributed by atoms with Crippen molar-refractivity contribution in [1.29, 1.82) is 0 Å². The zero-order valence-electron chi connectivity index (χ0n) is 16.9. The number of amides is 2. The van der Waals surface area contributed by atoms with Crippen LogP contribution < -0.4 is 20.7 Å². The minimum atomic E-state index is -0.394. The molecule has 2 amide bonds. The lowest BCUT2D eigenvalue weighted by atomic mass is 10.2. The van der Waals surface area contributed by atoms with Gasteiger partial charge in [-0.25, -0.2) is 0 Å². The zero-order chi connectivity index (χ0) is 21.8. The first-order valence-electron chi connectivity index (χ1n) is 9.25. The molecule has 0 spiro atoms. The van der Waals surface area contributed by atoms with Crippen molar-refractivity contribution in [3.05, 3.63) is 59.7 Å². The number of hydrogen-bond acceptors (Lipinski definition) is 6. The highest BCUT2D eigenvalue weighted by Gasteiger charge is 2.14. The number of methoxy groups -OCH3 is 2. The molecule has 0 fully saturated rings. The highest BCUT2D eigenvalue weighted by molar-refractivity contribution is 7.80. The maximum atomic E-state index is 12.6. The third-order valence-corrected chi connectivity index (χ3v) is 4.10. The molecular weight excluding hydrogens is 406 g/mol. The van der Waals surface area contributed by atoms with Crippen LogP contribution in [0.1, 0.15) is 20.7 Å². The first kappa shape index (κ1) is 23.3. The van der Waals surface area contributed by atoms with Crippen molar-refractivity contribution in [3.63, 3.8) is 0 Å². The molecule has 0 aliphatic heterocycles. The van der Waals surface area contributed by atoms with E-state index < -0.39 is 5.91 Å². The molecule has 0 saturated carbocycles. The van der Waals surface area contributed by atoms with Crippen molar-refractivity contribution in [1.82, 2.24) is 10.6 Å². The second-order valence-electron chi connectivity index (χ2n) is 6.07. The van der Waals surface area contributed by atoms with Crippen LogP contribution in [0.3, 0.4) is 0 Å². The van der Waals surface area contributed by atoms with Crippen LogP contribution in [0.2, 0.25) is 0 Å². The van der Waals surface area contributed by atoms with Crippen LogP contribution in [0.25, 0.3) is 0 Å². The number of para-hydroxylation sites is 1. The van der Waals surface area contributed by atoms with Gasteiger partial charge in [-0.3, -0.25) is 14.9 Å². The smallest absolute Gasteiger partial charge is 0.261 e. The Balaban J connectivity index is 1.91. The Morgan fingerprint density at radius 2 is 1.60 bits per heavy atom. The third-order valence-electron chi connectivity index (χ3n) is 3.90. The van der Waals surface area contributed by atoms with Gasteiger partial charge in [0.15, 0.2) is 5.11 Å². The van der Waals surface area contributed by atoms with Crippen molar-refractivity contribution in [3.8, 4) is 5.75 Å². The number of benzene rings is 2. The Morgan fingerprint density at radius 3 is 2.30 bits per heavy atom. The molecule has 2 rings (SSSR count). The van der Waals surface area contributed by atoms with Gasteiger partial charge < -0.3 is 24.8 Å². The fourth-order valence-electron chi connectivity index (χ4n) is 2.42. The number of anilines is 1. The SMILES string of the molecule is COCCNC(=O)c1ccc(NC(=S)NC(=O)c2ccccc2OCCOC)cc1. The summed E-state index contributed by atoms with van der Waals surface area (Å²) in [5.74, 6) is -0.145. The molecule has 0 bridgehead atoms. The molecule has 2 aromatic rings. The van der Waals surface area contributed by atoms with Crippen LogP contribution in [0, 0.1) is 0 Å². The number of carbonyl (C=O) groups excluding carboxylic acids is 2. The molecule has 9 heteroatoms. The molecule has 0 aromatic heterocycles. The van der Waals surface area contributed by atoms with Gasteiger partial charge in [0.25, 0.3) is 11.8 Å². The molecule has 0 heterocycles. The summed E-state index contributed by atoms with van der Waals surface area (Å²) in [7, 11) is 3.15. The van der Waals surface area contributed by atoms with E-state index in [0.717, 1.165) is 0 Å². The number of nitrogens with one attached hydrogen (secondary N) is 3. The van der Waals surface area contributed by atoms with Crippen LogP contribution >= 0.6 is 12.2 Å². The fraction of sp³-hybridized carbons (Fsp3) is 0.286. The van der Waals surface area contributed by atoms with E-state index in [4.69, 9.17) is 26.4 Å². The molecule has 2 aromatic carbocycles. The van der Waals surface area contributed by atoms with Crippen LogP contribution in [0.4, 0.5) is 5.69 Å². The summed E-state index contributed by atoms with van der Waals surface area (Å²) < 4.78 is 15.4. The van der Waals surface area contributed by atoms with Crippen molar-refractivity contribution in [2.45, 2.75) is 0 Å². The van der Waals surface area contributed by atoms with Gasteiger partial charge in [-0.2, -0.15) is 0 Å². The highest BCUT2D eigenvalue weighted by Crippen LogP contribution is 2.18. The van der Waals surface area contributed by atoms with Gasteiger partial charge in [-0.05, 0) is 48.6 Å². The van der Waals surface area contributed by atoms with Gasteiger partial charge in [0.1, 0.15) is 12.4 Å². The first-order chi connectivity index (χ1) is 14.5. The Morgan fingerprint density at radius 1 is 0.900 bits per heavy atom. The minimum Gasteiger partial charge on any atom is -0.490 e. The van der Waals surface area contributed by atoms with Crippen molar-refractivity contribution >= 4 is 34.8 Å². The summed E-state index contributed by atoms with van der Waals surface area (Å²) in [6, 6.07) is 13.6. The Bertz CT molecular complexity index is 858. The van der Waals surface area contributed by atoms with E-state index in [0.29, 0.717) is 48.9 Å². The Hall–Kier alpha value is -3.01. The number of rotatable bonds is 10. The van der Waals surface area contributed by atoms with Crippen LogP contribution in [-0.4, -0.2) is 57.5 Å². The molecule has 0 saturated heterocycles. The number of hydrogen-bond donors (Lipinski definition) is 3. The molecule has 0 atom stereocenters. The van der Waals surface area contributed by atoms with E-state index in [-0.39, 0.29) is 11.0 Å². The van der Waals surface area contributed by atoms with E-state index in [1.807, 2.05) is 0 Å². The lowest BCUT2D eigenvalue weighted by molar-refractivity contribution is 0.0935. The topological polar surface area (TPSA) is 97.9 Å². The van der Waals surface area contributed by atoms with E-state index in [1.165, 1.54) is 0 Å². The number of ether oxygens (including phenoxy) is 3. The van der Waals surface area contributed by atoms with E-state index in [1.54, 1.807) is 62.8 Å². The van der Waals surface area contributed by atoms with Gasteiger partial charge in [0.2, 0.25) is 0 Å². The summed E-state index contributed by atoms with van der Waals surface area (Å²) >= 11 is 5.22. The molecule has 3 N–H and O–H groups in total. The van der Waals surface area contributed by atoms with Gasteiger partial charge in [0, 0.05) is 32.0 Å². The fourth-order valence-corrected chi connectivity index (χ4v) is 2.63. The molecule has 30 heavy (non-hydrogen) atoms. The van der Waals surface area contributed by atoms with Crippen LogP contribution in [-0.2, 0) is 9.47 Å². The standard InChI is InChI=1S/C21H25N3O5S/c1-27-12-11-22-19(25)15-7-9-16(10-8-15)23-21(30)24-20(26)17-5-3-4-6-18(17)29-14-13-28-2/h3-10H,11-14H2,1-2H3,(H,22,25)(H2,23,24,26,30). The van der Waals surface area contributed by atoms with Crippen molar-refractivity contribution in [2.24, 2.45) is 0 Å². The van der Waals surface area contributed by atoms with E-state index >= 15 is 0 Å². The highest BCUT2D eigenvalue weighted by atomic mass is 32.1. The number of thiocarbonyl (C=S) groups is 1. The maximum Gasteiger partial charge on any atom is 0.261 e. The first-order valence-corrected chi connectivity index (χ1v) is 9.66. The van der Waals surface area contributed by atoms with E-state index in [9.17, 15) is 9.59 Å². The number of carbonyl (C=O) groups is 2. The lowest BCUT2D eigenvalue weighted by Crippen LogP contribution is -2.34. The van der Waals surface area contributed by atoms with Crippen LogP contribution in [0.5, 0.6) is 5.75 Å². The predicted molar refractivity (Wildman–Crippen MR) is 118 cm³/mol. The molecule has 160 valence electrons. The summed E-state index contributed by atoms with van der Waals surface area (Å²) in [4.78, 5) is 24.5. The molecule has 0 radical (unpaired) electrons. The molecule has 0 aliphatic carbocycles. The zero-order valence-corrected chi connectivity index (χ0v) is 17.7. The molecule has 0 aliphatic rings. The molecule has 0 unspecified atom stereocenters. The molecular formula is C21H25N3O5S. The molecule has 8 nitrogen and oxygen atoms in total. The Kier molecular flexibility index (Phi) is 9.72. The second-order valence-corrected chi connectivity index (χ2v) is 6.48. The summed E-state index contributed by atoms with van der Waals surface area (Å²) in [6.45, 7) is 1.62. The quantitative estimate of drug-likeness (QED) is 0.392.